The van der Waals surface area contributed by atoms with Gasteiger partial charge in [-0.3, -0.25) is 9.69 Å². The number of likely N-dealkylation sites (tertiary alicyclic amines) is 1. The first-order valence-electron chi connectivity index (χ1n) is 8.33. The second-order valence-electron chi connectivity index (χ2n) is 6.30. The molecule has 1 aromatic rings. The van der Waals surface area contributed by atoms with E-state index in [1.54, 1.807) is 0 Å². The highest BCUT2D eigenvalue weighted by molar-refractivity contribution is 5.78. The van der Waals surface area contributed by atoms with Crippen LogP contribution >= 0.6 is 0 Å². The molecule has 0 spiro atoms. The largest absolute Gasteiger partial charge is 0.399 e. The summed E-state index contributed by atoms with van der Waals surface area (Å²) in [6, 6.07) is 8.04. The molecule has 120 valence electrons. The van der Waals surface area contributed by atoms with Crippen molar-refractivity contribution in [3.8, 4) is 0 Å². The molecule has 2 aliphatic heterocycles. The van der Waals surface area contributed by atoms with Crippen LogP contribution in [-0.4, -0.2) is 61.5 Å². The molecule has 1 amide bonds. The van der Waals surface area contributed by atoms with Crippen LogP contribution < -0.4 is 10.6 Å². The molecule has 0 aliphatic carbocycles. The number of carbonyl (C=O) groups is 1. The number of piperidine rings is 1. The van der Waals surface area contributed by atoms with Gasteiger partial charge in [0.05, 0.1) is 6.54 Å². The predicted octanol–water partition coefficient (Wildman–Crippen LogP) is 1.40. The standard InChI is InChI=1S/C17H26N4O/c18-15-4-6-16(7-5-15)20-12-10-19(11-13-20)14-17(22)21-8-2-1-3-9-21/h4-7H,1-3,8-14,18H2. The molecule has 2 saturated heterocycles. The number of nitrogens with two attached hydrogens (primary N) is 1. The maximum absolute atomic E-state index is 12.3. The number of anilines is 2. The number of hydrogen-bond donors (Lipinski definition) is 1. The topological polar surface area (TPSA) is 52.8 Å². The molecule has 0 atom stereocenters. The lowest BCUT2D eigenvalue weighted by atomic mass is 10.1. The van der Waals surface area contributed by atoms with Crippen molar-refractivity contribution in [1.29, 1.82) is 0 Å². The maximum atomic E-state index is 12.3. The van der Waals surface area contributed by atoms with E-state index in [0.29, 0.717) is 12.5 Å². The second kappa shape index (κ2) is 7.01. The Labute approximate surface area is 132 Å². The van der Waals surface area contributed by atoms with Gasteiger partial charge in [-0.25, -0.2) is 0 Å². The van der Waals surface area contributed by atoms with Crippen molar-refractivity contribution >= 4 is 17.3 Å². The Hall–Kier alpha value is -1.75. The molecule has 0 bridgehead atoms. The van der Waals surface area contributed by atoms with Crippen LogP contribution in [0.4, 0.5) is 11.4 Å². The monoisotopic (exact) mass is 302 g/mol. The zero-order valence-electron chi connectivity index (χ0n) is 13.2. The average molecular weight is 302 g/mol. The van der Waals surface area contributed by atoms with Gasteiger partial charge >= 0.3 is 0 Å². The van der Waals surface area contributed by atoms with Crippen LogP contribution in [0.5, 0.6) is 0 Å². The van der Waals surface area contributed by atoms with E-state index < -0.39 is 0 Å². The van der Waals surface area contributed by atoms with E-state index in [4.69, 9.17) is 5.73 Å². The lowest BCUT2D eigenvalue weighted by Crippen LogP contribution is -2.50. The Morgan fingerprint density at radius 2 is 1.55 bits per heavy atom. The summed E-state index contributed by atoms with van der Waals surface area (Å²) in [5.41, 5.74) is 7.75. The molecule has 0 aromatic heterocycles. The Morgan fingerprint density at radius 3 is 2.18 bits per heavy atom. The van der Waals surface area contributed by atoms with Gasteiger partial charge in [0.15, 0.2) is 0 Å². The predicted molar refractivity (Wildman–Crippen MR) is 89.9 cm³/mol. The van der Waals surface area contributed by atoms with E-state index in [2.05, 4.69) is 21.9 Å². The number of amides is 1. The number of benzene rings is 1. The summed E-state index contributed by atoms with van der Waals surface area (Å²) < 4.78 is 0. The van der Waals surface area contributed by atoms with Crippen LogP contribution in [0.15, 0.2) is 24.3 Å². The van der Waals surface area contributed by atoms with Crippen molar-refractivity contribution in [2.75, 3.05) is 56.4 Å². The fourth-order valence-corrected chi connectivity index (χ4v) is 3.28. The molecule has 1 aromatic carbocycles. The molecule has 0 radical (unpaired) electrons. The van der Waals surface area contributed by atoms with Crippen molar-refractivity contribution in [1.82, 2.24) is 9.80 Å². The quantitative estimate of drug-likeness (QED) is 0.858. The molecular weight excluding hydrogens is 276 g/mol. The Kier molecular flexibility index (Phi) is 4.83. The minimum Gasteiger partial charge on any atom is -0.399 e. The molecule has 0 unspecified atom stereocenters. The summed E-state index contributed by atoms with van der Waals surface area (Å²) in [6.45, 7) is 6.31. The average Bonchev–Trinajstić information content (AvgIpc) is 2.57. The highest BCUT2D eigenvalue weighted by atomic mass is 16.2. The van der Waals surface area contributed by atoms with E-state index in [-0.39, 0.29) is 0 Å². The zero-order valence-corrected chi connectivity index (χ0v) is 13.2. The number of nitrogen functional groups attached to an aromatic ring is 1. The van der Waals surface area contributed by atoms with Gasteiger partial charge in [0.25, 0.3) is 0 Å². The van der Waals surface area contributed by atoms with Gasteiger partial charge in [0.2, 0.25) is 5.91 Å². The van der Waals surface area contributed by atoms with E-state index in [1.807, 2.05) is 17.0 Å². The molecule has 2 aliphatic rings. The molecule has 2 heterocycles. The van der Waals surface area contributed by atoms with Gasteiger partial charge < -0.3 is 15.5 Å². The summed E-state index contributed by atoms with van der Waals surface area (Å²) in [6.07, 6.45) is 3.59. The van der Waals surface area contributed by atoms with E-state index in [9.17, 15) is 4.79 Å². The van der Waals surface area contributed by atoms with Gasteiger partial charge in [0, 0.05) is 50.6 Å². The van der Waals surface area contributed by atoms with Gasteiger partial charge in [0.1, 0.15) is 0 Å². The van der Waals surface area contributed by atoms with Crippen LogP contribution in [0, 0.1) is 0 Å². The van der Waals surface area contributed by atoms with Crippen molar-refractivity contribution in [3.63, 3.8) is 0 Å². The van der Waals surface area contributed by atoms with Crippen molar-refractivity contribution < 1.29 is 4.79 Å². The van der Waals surface area contributed by atoms with Crippen LogP contribution in [-0.2, 0) is 4.79 Å². The minimum atomic E-state index is 0.306. The van der Waals surface area contributed by atoms with Gasteiger partial charge in [-0.15, -0.1) is 0 Å². The highest BCUT2D eigenvalue weighted by Gasteiger charge is 2.22. The first kappa shape index (κ1) is 15.2. The molecule has 0 saturated carbocycles. The smallest absolute Gasteiger partial charge is 0.236 e. The molecule has 5 nitrogen and oxygen atoms in total. The van der Waals surface area contributed by atoms with E-state index in [1.165, 1.54) is 12.1 Å². The summed E-state index contributed by atoms with van der Waals surface area (Å²) >= 11 is 0. The highest BCUT2D eigenvalue weighted by Crippen LogP contribution is 2.18. The maximum Gasteiger partial charge on any atom is 0.236 e. The number of hydrogen-bond acceptors (Lipinski definition) is 4. The second-order valence-corrected chi connectivity index (χ2v) is 6.30. The third-order valence-electron chi connectivity index (χ3n) is 4.70. The van der Waals surface area contributed by atoms with Crippen LogP contribution in [0.1, 0.15) is 19.3 Å². The van der Waals surface area contributed by atoms with Crippen molar-refractivity contribution in [2.24, 2.45) is 0 Å². The van der Waals surface area contributed by atoms with E-state index >= 15 is 0 Å². The minimum absolute atomic E-state index is 0.306. The summed E-state index contributed by atoms with van der Waals surface area (Å²) in [7, 11) is 0. The third-order valence-corrected chi connectivity index (χ3v) is 4.70. The van der Waals surface area contributed by atoms with Crippen LogP contribution in [0.25, 0.3) is 0 Å². The van der Waals surface area contributed by atoms with Crippen molar-refractivity contribution in [3.05, 3.63) is 24.3 Å². The molecular formula is C17H26N4O. The Bertz CT molecular complexity index is 488. The summed E-state index contributed by atoms with van der Waals surface area (Å²) in [5, 5.41) is 0. The van der Waals surface area contributed by atoms with Gasteiger partial charge in [-0.05, 0) is 43.5 Å². The van der Waals surface area contributed by atoms with Crippen molar-refractivity contribution in [2.45, 2.75) is 19.3 Å². The zero-order chi connectivity index (χ0) is 15.4. The molecule has 3 rings (SSSR count). The third kappa shape index (κ3) is 3.71. The lowest BCUT2D eigenvalue weighted by Gasteiger charge is -2.37. The van der Waals surface area contributed by atoms with Gasteiger partial charge in [-0.1, -0.05) is 0 Å². The van der Waals surface area contributed by atoms with Crippen LogP contribution in [0.3, 0.4) is 0 Å². The molecule has 2 N–H and O–H groups in total. The van der Waals surface area contributed by atoms with E-state index in [0.717, 1.165) is 57.8 Å². The lowest BCUT2D eigenvalue weighted by molar-refractivity contribution is -0.133. The first-order valence-corrected chi connectivity index (χ1v) is 8.33. The number of rotatable bonds is 3. The number of nitrogens with zero attached hydrogens (tertiary/aromatic N) is 3. The summed E-state index contributed by atoms with van der Waals surface area (Å²) in [5.74, 6) is 0.306. The summed E-state index contributed by atoms with van der Waals surface area (Å²) in [4.78, 5) is 19.0. The molecule has 22 heavy (non-hydrogen) atoms. The van der Waals surface area contributed by atoms with Crippen LogP contribution in [0.2, 0.25) is 0 Å². The number of piperazine rings is 1. The Morgan fingerprint density at radius 1 is 0.909 bits per heavy atom. The molecule has 2 fully saturated rings. The first-order chi connectivity index (χ1) is 10.7. The number of carbonyl (C=O) groups excluding carboxylic acids is 1. The normalized spacial score (nSPS) is 20.2. The fourth-order valence-electron chi connectivity index (χ4n) is 3.28. The SMILES string of the molecule is Nc1ccc(N2CCN(CC(=O)N3CCCCC3)CC2)cc1. The van der Waals surface area contributed by atoms with Gasteiger partial charge in [-0.2, -0.15) is 0 Å². The Balaban J connectivity index is 1.47. The fraction of sp³-hybridized carbons (Fsp3) is 0.588. The molecule has 5 heteroatoms.